The summed E-state index contributed by atoms with van der Waals surface area (Å²) in [7, 11) is 1.43. The largest absolute Gasteiger partial charge is 0.507 e. The molecular formula is C27H31NO8. The summed E-state index contributed by atoms with van der Waals surface area (Å²) in [6.45, 7) is 5.20. The number of likely N-dealkylation sites (tertiary alicyclic amines) is 1. The highest BCUT2D eigenvalue weighted by molar-refractivity contribution is 6.46. The van der Waals surface area contributed by atoms with Gasteiger partial charge in [-0.1, -0.05) is 6.07 Å². The van der Waals surface area contributed by atoms with Gasteiger partial charge < -0.3 is 34.1 Å². The summed E-state index contributed by atoms with van der Waals surface area (Å²) in [5.41, 5.74) is 0.627. The van der Waals surface area contributed by atoms with Gasteiger partial charge in [-0.25, -0.2) is 0 Å². The minimum atomic E-state index is -0.938. The number of carbonyl (C=O) groups excluding carboxylic acids is 2. The third-order valence-electron chi connectivity index (χ3n) is 6.30. The van der Waals surface area contributed by atoms with E-state index in [1.165, 1.54) is 18.1 Å². The van der Waals surface area contributed by atoms with Crippen molar-refractivity contribution < 1.29 is 38.7 Å². The number of rotatable bonds is 9. The fourth-order valence-corrected chi connectivity index (χ4v) is 4.67. The molecule has 0 bridgehead atoms. The lowest BCUT2D eigenvalue weighted by Crippen LogP contribution is -2.36. The number of amides is 1. The van der Waals surface area contributed by atoms with Crippen LogP contribution in [0.2, 0.25) is 0 Å². The zero-order valence-electron chi connectivity index (χ0n) is 20.7. The van der Waals surface area contributed by atoms with Gasteiger partial charge in [0.1, 0.15) is 17.3 Å². The number of phenolic OH excluding ortho intramolecular Hbond substituents is 1. The van der Waals surface area contributed by atoms with Crippen molar-refractivity contribution in [3.8, 4) is 23.0 Å². The first-order valence-corrected chi connectivity index (χ1v) is 12.1. The number of nitrogens with zero attached hydrogens (tertiary/aromatic N) is 1. The van der Waals surface area contributed by atoms with Crippen molar-refractivity contribution in [3.63, 3.8) is 0 Å². The van der Waals surface area contributed by atoms with E-state index in [0.29, 0.717) is 36.9 Å². The predicted molar refractivity (Wildman–Crippen MR) is 131 cm³/mol. The van der Waals surface area contributed by atoms with Crippen LogP contribution in [0.5, 0.6) is 23.0 Å². The average Bonchev–Trinajstić information content (AvgIpc) is 3.47. The first kappa shape index (κ1) is 25.4. The van der Waals surface area contributed by atoms with Gasteiger partial charge in [-0.15, -0.1) is 0 Å². The Labute approximate surface area is 209 Å². The highest BCUT2D eigenvalue weighted by Gasteiger charge is 2.47. The highest BCUT2D eigenvalue weighted by Crippen LogP contribution is 2.43. The molecule has 2 aromatic carbocycles. The Morgan fingerprint density at radius 3 is 2.50 bits per heavy atom. The van der Waals surface area contributed by atoms with Crippen LogP contribution in [0.4, 0.5) is 0 Å². The Morgan fingerprint density at radius 2 is 1.86 bits per heavy atom. The average molecular weight is 498 g/mol. The van der Waals surface area contributed by atoms with Crippen molar-refractivity contribution in [3.05, 3.63) is 53.1 Å². The lowest BCUT2D eigenvalue weighted by Gasteiger charge is -2.28. The molecule has 2 N–H and O–H groups in total. The number of Topliss-reactive ketones (excluding diaryl/α,β-unsaturated/α-hetero) is 1. The summed E-state index contributed by atoms with van der Waals surface area (Å²) in [5, 5.41) is 21.9. The number of ether oxygens (including phenoxy) is 4. The van der Waals surface area contributed by atoms with E-state index in [4.69, 9.17) is 18.9 Å². The lowest BCUT2D eigenvalue weighted by molar-refractivity contribution is -0.140. The third-order valence-corrected chi connectivity index (χ3v) is 6.30. The molecule has 2 saturated heterocycles. The molecule has 0 aromatic heterocycles. The molecule has 192 valence electrons. The Hall–Kier alpha value is -3.72. The molecule has 2 atom stereocenters. The number of aliphatic hydroxyl groups excluding tert-OH is 1. The van der Waals surface area contributed by atoms with Crippen LogP contribution < -0.4 is 14.2 Å². The molecular weight excluding hydrogens is 466 g/mol. The van der Waals surface area contributed by atoms with Crippen molar-refractivity contribution in [2.24, 2.45) is 0 Å². The molecule has 0 aliphatic carbocycles. The molecule has 0 radical (unpaired) electrons. The number of ketones is 1. The van der Waals surface area contributed by atoms with E-state index < -0.39 is 17.7 Å². The maximum atomic E-state index is 13.3. The van der Waals surface area contributed by atoms with Gasteiger partial charge in [0.05, 0.1) is 43.6 Å². The zero-order chi connectivity index (χ0) is 25.8. The molecule has 36 heavy (non-hydrogen) atoms. The summed E-state index contributed by atoms with van der Waals surface area (Å²) in [6, 6.07) is 8.61. The molecule has 1 amide bonds. The highest BCUT2D eigenvalue weighted by atomic mass is 16.5. The molecule has 2 aromatic rings. The number of methoxy groups -OCH3 is 1. The van der Waals surface area contributed by atoms with Crippen molar-refractivity contribution in [1.29, 1.82) is 0 Å². The van der Waals surface area contributed by atoms with E-state index in [9.17, 15) is 19.8 Å². The van der Waals surface area contributed by atoms with E-state index in [-0.39, 0.29) is 41.0 Å². The van der Waals surface area contributed by atoms with Crippen LogP contribution in [0.15, 0.2) is 42.0 Å². The topological polar surface area (TPSA) is 115 Å². The van der Waals surface area contributed by atoms with Crippen LogP contribution in [0.25, 0.3) is 5.76 Å². The number of benzene rings is 2. The molecule has 4 rings (SSSR count). The zero-order valence-corrected chi connectivity index (χ0v) is 20.7. The van der Waals surface area contributed by atoms with Crippen LogP contribution >= 0.6 is 0 Å². The maximum absolute atomic E-state index is 13.3. The number of carbonyl (C=O) groups is 2. The standard InChI is InChI=1S/C27H31NO8/c1-4-34-17-9-10-19(22(14-17)35-5-2)25(30)23-24(16-8-11-21(33-3)20(29)13-16)28(27(32)26(23)31)15-18-7-6-12-36-18/h8-11,13-14,18,24,29-30H,4-7,12,15H2,1-3H3/b25-23-. The number of aliphatic hydroxyl groups is 1. The van der Waals surface area contributed by atoms with E-state index in [1.807, 2.05) is 6.92 Å². The van der Waals surface area contributed by atoms with E-state index >= 15 is 0 Å². The molecule has 2 heterocycles. The van der Waals surface area contributed by atoms with Crippen LogP contribution in [0, 0.1) is 0 Å². The summed E-state index contributed by atoms with van der Waals surface area (Å²) < 4.78 is 22.2. The van der Waals surface area contributed by atoms with Crippen LogP contribution in [0.1, 0.15) is 43.9 Å². The van der Waals surface area contributed by atoms with Crippen molar-refractivity contribution >= 4 is 17.4 Å². The molecule has 2 unspecified atom stereocenters. The van der Waals surface area contributed by atoms with Gasteiger partial charge in [0.2, 0.25) is 0 Å². The first-order valence-electron chi connectivity index (χ1n) is 12.1. The Balaban J connectivity index is 1.86. The number of phenols is 1. The molecule has 2 fully saturated rings. The predicted octanol–water partition coefficient (Wildman–Crippen LogP) is 3.80. The Kier molecular flexibility index (Phi) is 7.69. The van der Waals surface area contributed by atoms with Gasteiger partial charge in [-0.2, -0.15) is 0 Å². The third kappa shape index (κ3) is 4.83. The SMILES string of the molecule is CCOc1ccc(/C(O)=C2/C(=O)C(=O)N(CC3CCCO3)C2c2ccc(OC)c(O)c2)c(OCC)c1. The van der Waals surface area contributed by atoms with Crippen LogP contribution in [-0.4, -0.2) is 66.4 Å². The number of aromatic hydroxyl groups is 1. The number of hydrogen-bond acceptors (Lipinski definition) is 8. The number of hydrogen-bond donors (Lipinski definition) is 2. The van der Waals surface area contributed by atoms with Crippen molar-refractivity contribution in [2.45, 2.75) is 38.8 Å². The second-order valence-corrected chi connectivity index (χ2v) is 8.54. The van der Waals surface area contributed by atoms with E-state index in [2.05, 4.69) is 0 Å². The second-order valence-electron chi connectivity index (χ2n) is 8.54. The van der Waals surface area contributed by atoms with Gasteiger partial charge in [0.25, 0.3) is 11.7 Å². The summed E-state index contributed by atoms with van der Waals surface area (Å²) in [5.74, 6) is -0.947. The second kappa shape index (κ2) is 10.9. The monoisotopic (exact) mass is 497 g/mol. The van der Waals surface area contributed by atoms with Gasteiger partial charge in [-0.3, -0.25) is 9.59 Å². The minimum Gasteiger partial charge on any atom is -0.507 e. The van der Waals surface area contributed by atoms with Gasteiger partial charge in [0, 0.05) is 19.2 Å². The minimum absolute atomic E-state index is 0.0901. The Bertz CT molecular complexity index is 1170. The fourth-order valence-electron chi connectivity index (χ4n) is 4.67. The lowest BCUT2D eigenvalue weighted by atomic mass is 9.94. The smallest absolute Gasteiger partial charge is 0.295 e. The molecule has 9 nitrogen and oxygen atoms in total. The molecule has 0 saturated carbocycles. The summed E-state index contributed by atoms with van der Waals surface area (Å²) in [6.07, 6.45) is 1.41. The summed E-state index contributed by atoms with van der Waals surface area (Å²) >= 11 is 0. The van der Waals surface area contributed by atoms with Gasteiger partial charge in [-0.05, 0) is 56.5 Å². The van der Waals surface area contributed by atoms with E-state index in [0.717, 1.165) is 12.8 Å². The quantitative estimate of drug-likeness (QED) is 0.305. The fraction of sp³-hybridized carbons (Fsp3) is 0.407. The van der Waals surface area contributed by atoms with Crippen LogP contribution in [0.3, 0.4) is 0 Å². The molecule has 0 spiro atoms. The molecule has 9 heteroatoms. The summed E-state index contributed by atoms with van der Waals surface area (Å²) in [4.78, 5) is 28.0. The van der Waals surface area contributed by atoms with Crippen molar-refractivity contribution in [2.75, 3.05) is 33.5 Å². The van der Waals surface area contributed by atoms with Gasteiger partial charge in [0.15, 0.2) is 11.5 Å². The Morgan fingerprint density at radius 1 is 1.08 bits per heavy atom. The van der Waals surface area contributed by atoms with Crippen molar-refractivity contribution in [1.82, 2.24) is 4.90 Å². The van der Waals surface area contributed by atoms with Gasteiger partial charge >= 0.3 is 0 Å². The van der Waals surface area contributed by atoms with Crippen LogP contribution in [-0.2, 0) is 14.3 Å². The molecule has 2 aliphatic rings. The first-order chi connectivity index (χ1) is 17.4. The van der Waals surface area contributed by atoms with E-state index in [1.54, 1.807) is 37.3 Å². The normalized spacial score (nSPS) is 21.1. The maximum Gasteiger partial charge on any atom is 0.295 e. The molecule has 2 aliphatic heterocycles.